The molecule has 0 aliphatic carbocycles. The van der Waals surface area contributed by atoms with E-state index in [0.29, 0.717) is 6.54 Å². The summed E-state index contributed by atoms with van der Waals surface area (Å²) in [7, 11) is 3.32. The number of thiophene rings is 1. The Morgan fingerprint density at radius 2 is 1.88 bits per heavy atom. The van der Waals surface area contributed by atoms with Crippen molar-refractivity contribution >= 4 is 17.3 Å². The van der Waals surface area contributed by atoms with E-state index in [1.165, 1.54) is 15.3 Å². The van der Waals surface area contributed by atoms with E-state index in [-0.39, 0.29) is 0 Å². The van der Waals surface area contributed by atoms with Gasteiger partial charge in [-0.05, 0) is 56.5 Å². The van der Waals surface area contributed by atoms with Crippen molar-refractivity contribution in [2.24, 2.45) is 4.99 Å². The maximum atomic E-state index is 5.36. The highest BCUT2D eigenvalue weighted by Gasteiger charge is 2.05. The summed E-state index contributed by atoms with van der Waals surface area (Å²) in [5.41, 5.74) is 1.24. The van der Waals surface area contributed by atoms with E-state index >= 15 is 0 Å². The fourth-order valence-corrected chi connectivity index (χ4v) is 3.42. The quantitative estimate of drug-likeness (QED) is 0.398. The molecule has 0 saturated heterocycles. The summed E-state index contributed by atoms with van der Waals surface area (Å²) in [4.78, 5) is 7.26. The van der Waals surface area contributed by atoms with Gasteiger partial charge in [-0.1, -0.05) is 6.07 Å². The number of benzene rings is 1. The van der Waals surface area contributed by atoms with Gasteiger partial charge in [0.2, 0.25) is 0 Å². The zero-order valence-electron chi connectivity index (χ0n) is 16.1. The van der Waals surface area contributed by atoms with Crippen LogP contribution < -0.4 is 20.1 Å². The van der Waals surface area contributed by atoms with E-state index < -0.39 is 0 Å². The van der Waals surface area contributed by atoms with Gasteiger partial charge in [0, 0.05) is 22.8 Å². The summed E-state index contributed by atoms with van der Waals surface area (Å²) < 4.78 is 10.6. The molecular weight excluding hydrogens is 346 g/mol. The molecule has 1 heterocycles. The van der Waals surface area contributed by atoms with Crippen molar-refractivity contribution in [3.05, 3.63) is 45.6 Å². The van der Waals surface area contributed by atoms with Gasteiger partial charge in [0.05, 0.1) is 20.8 Å². The van der Waals surface area contributed by atoms with Crippen LogP contribution in [-0.4, -0.2) is 33.3 Å². The minimum absolute atomic E-state index is 0.712. The first kappa shape index (κ1) is 20.1. The highest BCUT2D eigenvalue weighted by Crippen LogP contribution is 2.27. The van der Waals surface area contributed by atoms with E-state index in [1.54, 1.807) is 25.6 Å². The highest BCUT2D eigenvalue weighted by atomic mass is 32.1. The molecule has 0 amide bonds. The summed E-state index contributed by atoms with van der Waals surface area (Å²) >= 11 is 1.80. The van der Waals surface area contributed by atoms with Gasteiger partial charge in [-0.3, -0.25) is 0 Å². The lowest BCUT2D eigenvalue weighted by Gasteiger charge is -2.12. The lowest BCUT2D eigenvalue weighted by atomic mass is 10.1. The normalized spacial score (nSPS) is 11.3. The van der Waals surface area contributed by atoms with Crippen LogP contribution in [-0.2, 0) is 13.0 Å². The van der Waals surface area contributed by atoms with Crippen LogP contribution in [0.5, 0.6) is 11.5 Å². The molecule has 0 aliphatic rings. The Balaban J connectivity index is 1.82. The van der Waals surface area contributed by atoms with Gasteiger partial charge in [0.15, 0.2) is 17.5 Å². The number of aryl methyl sites for hydroxylation is 2. The monoisotopic (exact) mass is 375 g/mol. The molecule has 2 N–H and O–H groups in total. The van der Waals surface area contributed by atoms with Crippen LogP contribution >= 0.6 is 11.3 Å². The van der Waals surface area contributed by atoms with E-state index in [0.717, 1.165) is 43.4 Å². The molecular formula is C20H29N3O2S. The lowest BCUT2D eigenvalue weighted by molar-refractivity contribution is 0.354. The third-order valence-corrected chi connectivity index (χ3v) is 4.90. The molecule has 142 valence electrons. The predicted octanol–water partition coefficient (Wildman–Crippen LogP) is 3.76. The summed E-state index contributed by atoms with van der Waals surface area (Å²) in [6, 6.07) is 10.4. The Bertz CT molecular complexity index is 713. The average Bonchev–Trinajstić information content (AvgIpc) is 3.08. The molecule has 26 heavy (non-hydrogen) atoms. The molecule has 0 spiro atoms. The molecule has 1 aromatic heterocycles. The Kier molecular flexibility index (Phi) is 8.28. The first-order valence-corrected chi connectivity index (χ1v) is 9.76. The topological polar surface area (TPSA) is 54.9 Å². The number of nitrogens with zero attached hydrogens (tertiary/aromatic N) is 1. The van der Waals surface area contributed by atoms with Crippen molar-refractivity contribution in [2.45, 2.75) is 33.2 Å². The molecule has 1 aromatic carbocycles. The molecule has 0 unspecified atom stereocenters. The molecule has 5 nitrogen and oxygen atoms in total. The fraction of sp³-hybridized carbons (Fsp3) is 0.450. The van der Waals surface area contributed by atoms with Crippen molar-refractivity contribution in [1.82, 2.24) is 10.6 Å². The van der Waals surface area contributed by atoms with Gasteiger partial charge >= 0.3 is 0 Å². The third-order valence-electron chi connectivity index (χ3n) is 3.92. The van der Waals surface area contributed by atoms with Gasteiger partial charge in [0.25, 0.3) is 0 Å². The first-order valence-electron chi connectivity index (χ1n) is 8.94. The van der Waals surface area contributed by atoms with Crippen molar-refractivity contribution < 1.29 is 9.47 Å². The van der Waals surface area contributed by atoms with Crippen molar-refractivity contribution in [1.29, 1.82) is 0 Å². The van der Waals surface area contributed by atoms with Crippen LogP contribution in [0.1, 0.15) is 28.7 Å². The standard InChI is InChI=1S/C20H29N3O2S/c1-5-21-20(23-14-17-10-8-15(2)26-17)22-12-6-7-16-9-11-18(24-3)19(13-16)25-4/h8-11,13H,5-7,12,14H2,1-4H3,(H2,21,22,23). The second kappa shape index (κ2) is 10.7. The summed E-state index contributed by atoms with van der Waals surface area (Å²) in [5.74, 6) is 2.41. The third kappa shape index (κ3) is 6.26. The minimum Gasteiger partial charge on any atom is -0.493 e. The van der Waals surface area contributed by atoms with Crippen LogP contribution in [0, 0.1) is 6.92 Å². The summed E-state index contributed by atoms with van der Waals surface area (Å²) in [6.07, 6.45) is 1.98. The molecule has 0 atom stereocenters. The van der Waals surface area contributed by atoms with Crippen LogP contribution in [0.2, 0.25) is 0 Å². The zero-order chi connectivity index (χ0) is 18.8. The van der Waals surface area contributed by atoms with Crippen molar-refractivity contribution in [2.75, 3.05) is 27.3 Å². The highest BCUT2D eigenvalue weighted by molar-refractivity contribution is 7.11. The smallest absolute Gasteiger partial charge is 0.191 e. The Labute approximate surface area is 160 Å². The lowest BCUT2D eigenvalue weighted by Crippen LogP contribution is -2.37. The SMILES string of the molecule is CCNC(=NCc1ccc(C)s1)NCCCc1ccc(OC)c(OC)c1. The van der Waals surface area contributed by atoms with Crippen molar-refractivity contribution in [3.63, 3.8) is 0 Å². The second-order valence-corrected chi connectivity index (χ2v) is 7.30. The molecule has 0 fully saturated rings. The average molecular weight is 376 g/mol. The number of aliphatic imine (C=N–C) groups is 1. The van der Waals surface area contributed by atoms with Crippen LogP contribution in [0.25, 0.3) is 0 Å². The molecule has 2 aromatic rings. The van der Waals surface area contributed by atoms with Gasteiger partial charge in [-0.25, -0.2) is 4.99 Å². The van der Waals surface area contributed by atoms with Crippen molar-refractivity contribution in [3.8, 4) is 11.5 Å². The maximum absolute atomic E-state index is 5.36. The van der Waals surface area contributed by atoms with Gasteiger partial charge in [-0.15, -0.1) is 11.3 Å². The summed E-state index contributed by atoms with van der Waals surface area (Å²) in [5, 5.41) is 6.71. The van der Waals surface area contributed by atoms with Crippen LogP contribution in [0.15, 0.2) is 35.3 Å². The van der Waals surface area contributed by atoms with Gasteiger partial charge < -0.3 is 20.1 Å². The molecule has 0 bridgehead atoms. The summed E-state index contributed by atoms with van der Waals surface area (Å²) in [6.45, 7) is 6.63. The Hall–Kier alpha value is -2.21. The Morgan fingerprint density at radius 1 is 1.08 bits per heavy atom. The molecule has 0 saturated carbocycles. The molecule has 0 radical (unpaired) electrons. The maximum Gasteiger partial charge on any atom is 0.191 e. The van der Waals surface area contributed by atoms with Crippen LogP contribution in [0.4, 0.5) is 0 Å². The van der Waals surface area contributed by atoms with E-state index in [1.807, 2.05) is 12.1 Å². The largest absolute Gasteiger partial charge is 0.493 e. The number of nitrogens with one attached hydrogen (secondary N) is 2. The second-order valence-electron chi connectivity index (χ2n) is 5.93. The fourth-order valence-electron chi connectivity index (χ4n) is 2.60. The minimum atomic E-state index is 0.712. The zero-order valence-corrected chi connectivity index (χ0v) is 16.9. The van der Waals surface area contributed by atoms with E-state index in [9.17, 15) is 0 Å². The van der Waals surface area contributed by atoms with Gasteiger partial charge in [0.1, 0.15) is 0 Å². The number of ether oxygens (including phenoxy) is 2. The van der Waals surface area contributed by atoms with E-state index in [4.69, 9.17) is 9.47 Å². The first-order chi connectivity index (χ1) is 12.7. The Morgan fingerprint density at radius 3 is 2.54 bits per heavy atom. The van der Waals surface area contributed by atoms with E-state index in [2.05, 4.69) is 47.7 Å². The van der Waals surface area contributed by atoms with Gasteiger partial charge in [-0.2, -0.15) is 0 Å². The predicted molar refractivity (Wildman–Crippen MR) is 110 cm³/mol. The van der Waals surface area contributed by atoms with Crippen LogP contribution in [0.3, 0.4) is 0 Å². The number of hydrogen-bond donors (Lipinski definition) is 2. The number of hydrogen-bond acceptors (Lipinski definition) is 4. The molecule has 0 aliphatic heterocycles. The molecule has 2 rings (SSSR count). The number of methoxy groups -OCH3 is 2. The number of guanidine groups is 1. The number of rotatable bonds is 9. The molecule has 6 heteroatoms.